The first kappa shape index (κ1) is 16.0. The van der Waals surface area contributed by atoms with Gasteiger partial charge in [0.15, 0.2) is 0 Å². The highest BCUT2D eigenvalue weighted by Crippen LogP contribution is 2.14. The van der Waals surface area contributed by atoms with Crippen LogP contribution in [-0.2, 0) is 6.54 Å². The van der Waals surface area contributed by atoms with Crippen LogP contribution in [0, 0.1) is 5.92 Å². The van der Waals surface area contributed by atoms with E-state index in [1.54, 1.807) is 11.8 Å². The summed E-state index contributed by atoms with van der Waals surface area (Å²) in [6.07, 6.45) is 3.05. The van der Waals surface area contributed by atoms with E-state index in [0.29, 0.717) is 23.1 Å². The molecule has 1 unspecified atom stereocenters. The normalized spacial score (nSPS) is 14.4. The maximum Gasteiger partial charge on any atom is 0.276 e. The van der Waals surface area contributed by atoms with Gasteiger partial charge >= 0.3 is 0 Å². The third-order valence-electron chi connectivity index (χ3n) is 3.23. The van der Waals surface area contributed by atoms with E-state index in [1.165, 1.54) is 6.33 Å². The number of fused-ring (bicyclic) bond motifs is 1. The Hall–Kier alpha value is -1.42. The van der Waals surface area contributed by atoms with E-state index in [1.807, 2.05) is 6.26 Å². The number of hydrogen-bond acceptors (Lipinski definition) is 7. The van der Waals surface area contributed by atoms with Crippen LogP contribution in [0.2, 0.25) is 0 Å². The lowest BCUT2D eigenvalue weighted by atomic mass is 10.1. The van der Waals surface area contributed by atoms with Gasteiger partial charge in [0, 0.05) is 19.1 Å². The summed E-state index contributed by atoms with van der Waals surface area (Å²) in [6.45, 7) is 0.320. The number of nitrogens with zero attached hydrogens (tertiary/aromatic N) is 2. The van der Waals surface area contributed by atoms with Gasteiger partial charge in [-0.05, 0) is 18.4 Å². The number of thioether (sulfide) groups is 1. The van der Waals surface area contributed by atoms with Crippen LogP contribution < -0.4 is 10.9 Å². The molecule has 9 heteroatoms. The first-order chi connectivity index (χ1) is 10.2. The van der Waals surface area contributed by atoms with Crippen molar-refractivity contribution < 1.29 is 10.2 Å². The first-order valence-corrected chi connectivity index (χ1v) is 7.98. The van der Waals surface area contributed by atoms with Crippen molar-refractivity contribution in [2.24, 2.45) is 5.92 Å². The molecular formula is C12H19N5O3S. The Morgan fingerprint density at radius 2 is 2.33 bits per heavy atom. The molecule has 8 nitrogen and oxygen atoms in total. The molecule has 0 aliphatic carbocycles. The molecule has 21 heavy (non-hydrogen) atoms. The van der Waals surface area contributed by atoms with Gasteiger partial charge in [-0.15, -0.1) is 0 Å². The molecule has 5 N–H and O–H groups in total. The highest BCUT2D eigenvalue weighted by Gasteiger charge is 2.19. The van der Waals surface area contributed by atoms with Crippen molar-refractivity contribution in [3.05, 3.63) is 22.4 Å². The summed E-state index contributed by atoms with van der Waals surface area (Å²) in [5.41, 5.74) is 1.10. The molecule has 0 saturated heterocycles. The van der Waals surface area contributed by atoms with Gasteiger partial charge in [-0.25, -0.2) is 4.98 Å². The SMILES string of the molecule is CSC[C@H](CCO)C(O)NCc1n[nH]c2c(=O)[nH]cnc12. The molecule has 0 aliphatic rings. The van der Waals surface area contributed by atoms with Crippen LogP contribution in [0.25, 0.3) is 11.0 Å². The maximum absolute atomic E-state index is 11.5. The monoisotopic (exact) mass is 313 g/mol. The van der Waals surface area contributed by atoms with Gasteiger partial charge in [-0.1, -0.05) is 0 Å². The average Bonchev–Trinajstić information content (AvgIpc) is 2.89. The first-order valence-electron chi connectivity index (χ1n) is 6.59. The molecule has 0 bridgehead atoms. The Labute approximate surface area is 125 Å². The van der Waals surface area contributed by atoms with E-state index in [9.17, 15) is 9.90 Å². The van der Waals surface area contributed by atoms with Gasteiger partial charge in [0.2, 0.25) is 0 Å². The van der Waals surface area contributed by atoms with E-state index >= 15 is 0 Å². The topological polar surface area (TPSA) is 127 Å². The summed E-state index contributed by atoms with van der Waals surface area (Å²) < 4.78 is 0. The summed E-state index contributed by atoms with van der Waals surface area (Å²) in [7, 11) is 0. The number of nitrogens with one attached hydrogen (secondary N) is 3. The summed E-state index contributed by atoms with van der Waals surface area (Å²) in [5, 5.41) is 28.8. The smallest absolute Gasteiger partial charge is 0.276 e. The lowest BCUT2D eigenvalue weighted by molar-refractivity contribution is 0.0691. The molecule has 2 atom stereocenters. The molecule has 2 aromatic heterocycles. The molecule has 2 rings (SSSR count). The fourth-order valence-corrected chi connectivity index (χ4v) is 2.88. The summed E-state index contributed by atoms with van der Waals surface area (Å²) in [6, 6.07) is 0. The second-order valence-corrected chi connectivity index (χ2v) is 5.59. The lowest BCUT2D eigenvalue weighted by Crippen LogP contribution is -2.37. The second kappa shape index (κ2) is 7.55. The van der Waals surface area contributed by atoms with Crippen LogP contribution in [0.15, 0.2) is 11.1 Å². The Morgan fingerprint density at radius 3 is 3.05 bits per heavy atom. The largest absolute Gasteiger partial charge is 0.396 e. The molecular weight excluding hydrogens is 294 g/mol. The molecule has 0 aliphatic heterocycles. The summed E-state index contributed by atoms with van der Waals surface area (Å²) in [5.74, 6) is 0.695. The standard InChI is InChI=1S/C12H19N5O3S/c1-21-5-7(2-3-18)11(19)13-4-8-9-10(17-16-8)12(20)15-6-14-9/h6-7,11,13,18-19H,2-5H2,1H3,(H,16,17)(H,14,15,20)/t7-,11?/m0/s1. The van der Waals surface area contributed by atoms with Crippen LogP contribution in [0.5, 0.6) is 0 Å². The predicted octanol–water partition coefficient (Wildman–Crippen LogP) is -0.584. The van der Waals surface area contributed by atoms with Gasteiger partial charge in [0.25, 0.3) is 5.56 Å². The van der Waals surface area contributed by atoms with Gasteiger partial charge < -0.3 is 15.2 Å². The number of rotatable bonds is 8. The molecule has 0 fully saturated rings. The van der Waals surface area contributed by atoms with Crippen LogP contribution in [-0.4, -0.2) is 55.2 Å². The van der Waals surface area contributed by atoms with Crippen LogP contribution in [0.1, 0.15) is 12.1 Å². The lowest BCUT2D eigenvalue weighted by Gasteiger charge is -2.22. The highest BCUT2D eigenvalue weighted by atomic mass is 32.2. The maximum atomic E-state index is 11.5. The minimum Gasteiger partial charge on any atom is -0.396 e. The quantitative estimate of drug-likeness (QED) is 0.412. The highest BCUT2D eigenvalue weighted by molar-refractivity contribution is 7.98. The molecule has 0 saturated carbocycles. The predicted molar refractivity (Wildman–Crippen MR) is 80.9 cm³/mol. The zero-order valence-corrected chi connectivity index (χ0v) is 12.5. The van der Waals surface area contributed by atoms with Gasteiger partial charge in [0.1, 0.15) is 23.0 Å². The minimum absolute atomic E-state index is 0.0340. The van der Waals surface area contributed by atoms with Crippen molar-refractivity contribution >= 4 is 22.8 Å². The number of H-pyrrole nitrogens is 2. The van der Waals surface area contributed by atoms with Crippen molar-refractivity contribution in [2.75, 3.05) is 18.6 Å². The van der Waals surface area contributed by atoms with Crippen LogP contribution in [0.3, 0.4) is 0 Å². The Morgan fingerprint density at radius 1 is 1.52 bits per heavy atom. The fourth-order valence-electron chi connectivity index (χ4n) is 2.10. The number of aromatic nitrogens is 4. The van der Waals surface area contributed by atoms with E-state index < -0.39 is 6.23 Å². The van der Waals surface area contributed by atoms with Crippen molar-refractivity contribution in [3.8, 4) is 0 Å². The second-order valence-electron chi connectivity index (χ2n) is 4.68. The number of aliphatic hydroxyl groups is 2. The molecule has 0 aromatic carbocycles. The van der Waals surface area contributed by atoms with E-state index in [-0.39, 0.29) is 24.6 Å². The molecule has 2 heterocycles. The van der Waals surface area contributed by atoms with E-state index in [0.717, 1.165) is 5.75 Å². The van der Waals surface area contributed by atoms with E-state index in [4.69, 9.17) is 5.11 Å². The van der Waals surface area contributed by atoms with Crippen molar-refractivity contribution in [3.63, 3.8) is 0 Å². The third kappa shape index (κ3) is 3.82. The van der Waals surface area contributed by atoms with Gasteiger partial charge in [-0.2, -0.15) is 16.9 Å². The Balaban J connectivity index is 2.04. The van der Waals surface area contributed by atoms with Crippen LogP contribution in [0.4, 0.5) is 0 Å². The molecule has 116 valence electrons. The molecule has 0 spiro atoms. The van der Waals surface area contributed by atoms with Crippen LogP contribution >= 0.6 is 11.8 Å². The summed E-state index contributed by atoms with van der Waals surface area (Å²) in [4.78, 5) is 18.1. The number of aliphatic hydroxyl groups excluding tert-OH is 2. The Kier molecular flexibility index (Phi) is 5.74. The fraction of sp³-hybridized carbons (Fsp3) is 0.583. The minimum atomic E-state index is -0.752. The molecule has 2 aromatic rings. The van der Waals surface area contributed by atoms with Gasteiger partial charge in [0.05, 0.1) is 6.33 Å². The number of aromatic amines is 2. The average molecular weight is 313 g/mol. The van der Waals surface area contributed by atoms with Gasteiger partial charge in [-0.3, -0.25) is 15.2 Å². The van der Waals surface area contributed by atoms with Crippen molar-refractivity contribution in [1.29, 1.82) is 0 Å². The van der Waals surface area contributed by atoms with E-state index in [2.05, 4.69) is 25.5 Å². The number of hydrogen-bond donors (Lipinski definition) is 5. The molecule has 0 amide bonds. The third-order valence-corrected chi connectivity index (χ3v) is 4.00. The summed E-state index contributed by atoms with van der Waals surface area (Å²) >= 11 is 1.62. The Bertz CT molecular complexity index is 623. The zero-order valence-electron chi connectivity index (χ0n) is 11.7. The molecule has 0 radical (unpaired) electrons. The zero-order chi connectivity index (χ0) is 15.2. The van der Waals surface area contributed by atoms with Crippen molar-refractivity contribution in [2.45, 2.75) is 19.2 Å². The van der Waals surface area contributed by atoms with Crippen molar-refractivity contribution in [1.82, 2.24) is 25.5 Å².